The molecule has 0 spiro atoms. The smallest absolute Gasteiger partial charge is 0.0760 e. The fourth-order valence-electron chi connectivity index (χ4n) is 3.13. The number of hydrogen-bond donors (Lipinski definition) is 1. The van der Waals surface area contributed by atoms with Gasteiger partial charge in [0.2, 0.25) is 0 Å². The zero-order chi connectivity index (χ0) is 14.8. The van der Waals surface area contributed by atoms with E-state index in [0.717, 1.165) is 32.7 Å². The van der Waals surface area contributed by atoms with Crippen LogP contribution in [0.1, 0.15) is 37.4 Å². The second kappa shape index (κ2) is 6.14. The number of morpholine rings is 1. The maximum absolute atomic E-state index is 6.11. The third-order valence-electron chi connectivity index (χ3n) is 3.46. The van der Waals surface area contributed by atoms with Gasteiger partial charge in [-0.1, -0.05) is 0 Å². The molecule has 1 N–H and O–H groups in total. The Labute approximate surface area is 127 Å². The zero-order valence-corrected chi connectivity index (χ0v) is 14.3. The number of hydrogen-bond acceptors (Lipinski definition) is 4. The third kappa shape index (κ3) is 4.85. The minimum absolute atomic E-state index is 0.0490. The molecule has 2 heterocycles. The van der Waals surface area contributed by atoms with Crippen molar-refractivity contribution in [3.05, 3.63) is 21.9 Å². The van der Waals surface area contributed by atoms with Crippen LogP contribution in [-0.4, -0.2) is 42.3 Å². The summed E-state index contributed by atoms with van der Waals surface area (Å²) in [6, 6.07) is 4.41. The van der Waals surface area contributed by atoms with Crippen molar-refractivity contribution < 1.29 is 4.74 Å². The molecule has 0 radical (unpaired) electrons. The second-order valence-corrected chi connectivity index (χ2v) is 8.39. The summed E-state index contributed by atoms with van der Waals surface area (Å²) < 4.78 is 6.11. The first-order valence-corrected chi connectivity index (χ1v) is 8.26. The van der Waals surface area contributed by atoms with E-state index in [9.17, 15) is 0 Å². The van der Waals surface area contributed by atoms with Gasteiger partial charge >= 0.3 is 0 Å². The normalized spacial score (nSPS) is 22.1. The zero-order valence-electron chi connectivity index (χ0n) is 13.5. The predicted octanol–water partition coefficient (Wildman–Crippen LogP) is 3.04. The van der Waals surface area contributed by atoms with E-state index in [2.05, 4.69) is 57.0 Å². The van der Waals surface area contributed by atoms with Gasteiger partial charge in [-0.2, -0.15) is 0 Å². The largest absolute Gasteiger partial charge is 0.367 e. The SMILES string of the molecule is Cc1ccc(CNCCN2CC(C)(C)OC(C)(C)C2)s1. The summed E-state index contributed by atoms with van der Waals surface area (Å²) in [6.07, 6.45) is 0. The van der Waals surface area contributed by atoms with Gasteiger partial charge in [0.1, 0.15) is 0 Å². The van der Waals surface area contributed by atoms with Crippen LogP contribution in [0.2, 0.25) is 0 Å². The van der Waals surface area contributed by atoms with Crippen molar-refractivity contribution in [2.75, 3.05) is 26.2 Å². The van der Waals surface area contributed by atoms with E-state index in [-0.39, 0.29) is 11.2 Å². The van der Waals surface area contributed by atoms with Gasteiger partial charge in [-0.3, -0.25) is 4.90 Å². The fourth-order valence-corrected chi connectivity index (χ4v) is 3.99. The summed E-state index contributed by atoms with van der Waals surface area (Å²) in [4.78, 5) is 5.32. The first-order valence-electron chi connectivity index (χ1n) is 7.44. The Bertz CT molecular complexity index is 423. The molecule has 0 bridgehead atoms. The van der Waals surface area contributed by atoms with Crippen LogP contribution in [0.3, 0.4) is 0 Å². The van der Waals surface area contributed by atoms with Crippen LogP contribution in [0, 0.1) is 6.92 Å². The number of aryl methyl sites for hydroxylation is 1. The quantitative estimate of drug-likeness (QED) is 0.845. The summed E-state index contributed by atoms with van der Waals surface area (Å²) in [5.74, 6) is 0. The molecule has 1 aromatic rings. The van der Waals surface area contributed by atoms with Gasteiger partial charge in [-0.15, -0.1) is 11.3 Å². The van der Waals surface area contributed by atoms with Crippen molar-refractivity contribution in [1.82, 2.24) is 10.2 Å². The molecule has 0 atom stereocenters. The molecule has 4 heteroatoms. The van der Waals surface area contributed by atoms with E-state index in [1.165, 1.54) is 9.75 Å². The van der Waals surface area contributed by atoms with Crippen molar-refractivity contribution in [3.8, 4) is 0 Å². The summed E-state index contributed by atoms with van der Waals surface area (Å²) in [7, 11) is 0. The molecular weight excluding hydrogens is 268 g/mol. The summed E-state index contributed by atoms with van der Waals surface area (Å²) in [5.41, 5.74) is -0.0980. The van der Waals surface area contributed by atoms with Crippen LogP contribution in [0.25, 0.3) is 0 Å². The molecule has 0 unspecified atom stereocenters. The van der Waals surface area contributed by atoms with E-state index in [0.29, 0.717) is 0 Å². The van der Waals surface area contributed by atoms with Crippen LogP contribution < -0.4 is 5.32 Å². The Morgan fingerprint density at radius 2 is 1.85 bits per heavy atom. The molecule has 3 nitrogen and oxygen atoms in total. The van der Waals surface area contributed by atoms with Gasteiger partial charge in [0.15, 0.2) is 0 Å². The lowest BCUT2D eigenvalue weighted by Gasteiger charge is -2.47. The first kappa shape index (κ1) is 16.0. The maximum atomic E-state index is 6.11. The Kier molecular flexibility index (Phi) is 4.90. The third-order valence-corrected chi connectivity index (χ3v) is 4.46. The summed E-state index contributed by atoms with van der Waals surface area (Å²) in [6.45, 7) is 16.0. The van der Waals surface area contributed by atoms with Crippen molar-refractivity contribution in [2.24, 2.45) is 0 Å². The molecule has 20 heavy (non-hydrogen) atoms. The van der Waals surface area contributed by atoms with Gasteiger partial charge in [0, 0.05) is 42.5 Å². The summed E-state index contributed by atoms with van der Waals surface area (Å²) in [5, 5.41) is 3.54. The summed E-state index contributed by atoms with van der Waals surface area (Å²) >= 11 is 1.88. The van der Waals surface area contributed by atoms with E-state index in [4.69, 9.17) is 4.74 Å². The number of ether oxygens (including phenoxy) is 1. The van der Waals surface area contributed by atoms with Crippen LogP contribution in [0.5, 0.6) is 0 Å². The van der Waals surface area contributed by atoms with Gasteiger partial charge in [-0.05, 0) is 46.8 Å². The average Bonchev–Trinajstić information content (AvgIpc) is 2.66. The Morgan fingerprint density at radius 1 is 1.20 bits per heavy atom. The lowest BCUT2D eigenvalue weighted by Crippen LogP contribution is -2.58. The monoisotopic (exact) mass is 296 g/mol. The van der Waals surface area contributed by atoms with E-state index >= 15 is 0 Å². The van der Waals surface area contributed by atoms with Gasteiger partial charge in [-0.25, -0.2) is 0 Å². The van der Waals surface area contributed by atoms with E-state index in [1.54, 1.807) is 0 Å². The molecule has 1 fully saturated rings. The number of nitrogens with zero attached hydrogens (tertiary/aromatic N) is 1. The average molecular weight is 296 g/mol. The van der Waals surface area contributed by atoms with E-state index < -0.39 is 0 Å². The van der Waals surface area contributed by atoms with Gasteiger partial charge < -0.3 is 10.1 Å². The molecule has 1 saturated heterocycles. The molecule has 0 aliphatic carbocycles. The molecular formula is C16H28N2OS. The molecule has 0 amide bonds. The van der Waals surface area contributed by atoms with Gasteiger partial charge in [0.25, 0.3) is 0 Å². The standard InChI is InChI=1S/C16H28N2OS/c1-13-6-7-14(20-13)10-17-8-9-18-11-15(2,3)19-16(4,5)12-18/h6-7,17H,8-12H2,1-5H3. The molecule has 1 aromatic heterocycles. The molecule has 1 aliphatic heterocycles. The highest BCUT2D eigenvalue weighted by Gasteiger charge is 2.37. The van der Waals surface area contributed by atoms with Crippen LogP contribution in [0.15, 0.2) is 12.1 Å². The van der Waals surface area contributed by atoms with Crippen LogP contribution >= 0.6 is 11.3 Å². The van der Waals surface area contributed by atoms with Crippen LogP contribution in [0.4, 0.5) is 0 Å². The highest BCUT2D eigenvalue weighted by atomic mass is 32.1. The molecule has 2 rings (SSSR count). The maximum Gasteiger partial charge on any atom is 0.0760 e. The molecule has 0 saturated carbocycles. The van der Waals surface area contributed by atoms with Crippen LogP contribution in [-0.2, 0) is 11.3 Å². The molecule has 114 valence electrons. The Morgan fingerprint density at radius 3 is 2.40 bits per heavy atom. The van der Waals surface area contributed by atoms with Crippen molar-refractivity contribution >= 4 is 11.3 Å². The number of thiophene rings is 1. The van der Waals surface area contributed by atoms with Crippen molar-refractivity contribution in [2.45, 2.75) is 52.4 Å². The first-order chi connectivity index (χ1) is 9.26. The highest BCUT2D eigenvalue weighted by Crippen LogP contribution is 2.27. The minimum Gasteiger partial charge on any atom is -0.367 e. The Hall–Kier alpha value is -0.420. The molecule has 1 aliphatic rings. The van der Waals surface area contributed by atoms with Crippen molar-refractivity contribution in [3.63, 3.8) is 0 Å². The molecule has 0 aromatic carbocycles. The predicted molar refractivity (Wildman–Crippen MR) is 86.4 cm³/mol. The van der Waals surface area contributed by atoms with E-state index in [1.807, 2.05) is 11.3 Å². The minimum atomic E-state index is -0.0490. The van der Waals surface area contributed by atoms with Crippen molar-refractivity contribution in [1.29, 1.82) is 0 Å². The van der Waals surface area contributed by atoms with Gasteiger partial charge in [0.05, 0.1) is 11.2 Å². The topological polar surface area (TPSA) is 24.5 Å². The number of nitrogens with one attached hydrogen (secondary N) is 1. The fraction of sp³-hybridized carbons (Fsp3) is 0.750. The lowest BCUT2D eigenvalue weighted by atomic mass is 9.99. The Balaban J connectivity index is 1.73. The highest BCUT2D eigenvalue weighted by molar-refractivity contribution is 7.11. The number of rotatable bonds is 5. The second-order valence-electron chi connectivity index (χ2n) is 7.02. The lowest BCUT2D eigenvalue weighted by molar-refractivity contribution is -0.180.